The van der Waals surface area contributed by atoms with E-state index in [0.717, 1.165) is 0 Å². The molecule has 2 rings (SSSR count). The normalized spacial score (nSPS) is 11.7. The van der Waals surface area contributed by atoms with E-state index in [0.29, 0.717) is 5.69 Å². The third-order valence-electron chi connectivity index (χ3n) is 2.88. The van der Waals surface area contributed by atoms with Gasteiger partial charge in [0.15, 0.2) is 0 Å². The molecular formula is C14H13N3O2S. The first kappa shape index (κ1) is 14.0. The molecule has 0 aliphatic heterocycles. The van der Waals surface area contributed by atoms with Gasteiger partial charge in [-0.1, -0.05) is 0 Å². The number of nitrogens with zero attached hydrogens (tertiary/aromatic N) is 2. The molecule has 0 saturated heterocycles. The van der Waals surface area contributed by atoms with Crippen LogP contribution in [-0.2, 0) is 0 Å². The van der Waals surface area contributed by atoms with Crippen LogP contribution in [0.25, 0.3) is 0 Å². The van der Waals surface area contributed by atoms with Crippen molar-refractivity contribution in [3.05, 3.63) is 55.8 Å². The number of nitro groups is 1. The molecule has 20 heavy (non-hydrogen) atoms. The van der Waals surface area contributed by atoms with Crippen LogP contribution in [0.5, 0.6) is 0 Å². The third kappa shape index (κ3) is 2.95. The van der Waals surface area contributed by atoms with Crippen molar-refractivity contribution in [3.8, 4) is 6.07 Å². The summed E-state index contributed by atoms with van der Waals surface area (Å²) in [6, 6.07) is 10.5. The van der Waals surface area contributed by atoms with Crippen LogP contribution in [-0.4, -0.2) is 4.92 Å². The molecule has 0 spiro atoms. The number of thiophene rings is 1. The molecule has 1 atom stereocenters. The minimum absolute atomic E-state index is 0.0644. The average molecular weight is 287 g/mol. The summed E-state index contributed by atoms with van der Waals surface area (Å²) in [5, 5.41) is 23.0. The zero-order valence-electron chi connectivity index (χ0n) is 11.1. The number of nitrogens with one attached hydrogen (secondary N) is 1. The summed E-state index contributed by atoms with van der Waals surface area (Å²) in [4.78, 5) is 12.6. The lowest BCUT2D eigenvalue weighted by Crippen LogP contribution is -2.05. The molecular weight excluding hydrogens is 274 g/mol. The predicted octanol–water partition coefficient (Wildman–Crippen LogP) is 4.01. The molecule has 1 N–H and O–H groups in total. The van der Waals surface area contributed by atoms with Gasteiger partial charge in [0.05, 0.1) is 11.0 Å². The van der Waals surface area contributed by atoms with Crippen LogP contribution in [0.1, 0.15) is 28.3 Å². The predicted molar refractivity (Wildman–Crippen MR) is 78.9 cm³/mol. The van der Waals surface area contributed by atoms with Crippen LogP contribution in [0.15, 0.2) is 30.3 Å². The molecule has 1 unspecified atom stereocenters. The molecule has 0 aliphatic rings. The van der Waals surface area contributed by atoms with Crippen LogP contribution in [0.3, 0.4) is 0 Å². The van der Waals surface area contributed by atoms with Gasteiger partial charge in [-0.2, -0.15) is 5.26 Å². The second kappa shape index (κ2) is 5.72. The number of hydrogen-bond acceptors (Lipinski definition) is 5. The fraction of sp³-hybridized carbons (Fsp3) is 0.214. The Morgan fingerprint density at radius 3 is 2.70 bits per heavy atom. The van der Waals surface area contributed by atoms with Gasteiger partial charge in [-0.25, -0.2) is 0 Å². The molecule has 6 heteroatoms. The number of aryl methyl sites for hydroxylation is 1. The van der Waals surface area contributed by atoms with Crippen molar-refractivity contribution in [1.29, 1.82) is 5.26 Å². The molecule has 102 valence electrons. The van der Waals surface area contributed by atoms with Crippen molar-refractivity contribution >= 4 is 22.7 Å². The molecule has 0 radical (unpaired) electrons. The summed E-state index contributed by atoms with van der Waals surface area (Å²) in [5.41, 5.74) is 0.595. The molecule has 2 aromatic rings. The van der Waals surface area contributed by atoms with Gasteiger partial charge in [0.25, 0.3) is 5.69 Å². The van der Waals surface area contributed by atoms with Gasteiger partial charge in [-0.05, 0) is 38.1 Å². The Bertz CT molecular complexity index is 688. The van der Waals surface area contributed by atoms with Gasteiger partial charge in [-0.3, -0.25) is 10.1 Å². The van der Waals surface area contributed by atoms with Gasteiger partial charge in [0.2, 0.25) is 0 Å². The Hall–Kier alpha value is -2.39. The highest BCUT2D eigenvalue weighted by molar-refractivity contribution is 7.12. The largest absolute Gasteiger partial charge is 0.378 e. The van der Waals surface area contributed by atoms with Crippen LogP contribution in [0.4, 0.5) is 11.4 Å². The Balaban J connectivity index is 2.22. The summed E-state index contributed by atoms with van der Waals surface area (Å²) < 4.78 is 0. The van der Waals surface area contributed by atoms with E-state index in [1.807, 2.05) is 26.0 Å². The average Bonchev–Trinajstić information content (AvgIpc) is 2.85. The highest BCUT2D eigenvalue weighted by Gasteiger charge is 2.15. The van der Waals surface area contributed by atoms with Crippen molar-refractivity contribution in [1.82, 2.24) is 0 Å². The quantitative estimate of drug-likeness (QED) is 0.680. The zero-order valence-corrected chi connectivity index (χ0v) is 11.9. The lowest BCUT2D eigenvalue weighted by Gasteiger charge is -2.13. The molecule has 1 heterocycles. The maximum absolute atomic E-state index is 10.8. The third-order valence-corrected chi connectivity index (χ3v) is 4.07. The van der Waals surface area contributed by atoms with E-state index in [1.54, 1.807) is 17.4 Å². The summed E-state index contributed by atoms with van der Waals surface area (Å²) >= 11 is 1.70. The van der Waals surface area contributed by atoms with E-state index >= 15 is 0 Å². The molecule has 0 saturated carbocycles. The van der Waals surface area contributed by atoms with Crippen LogP contribution in [0.2, 0.25) is 0 Å². The minimum Gasteiger partial charge on any atom is -0.378 e. The lowest BCUT2D eigenvalue weighted by molar-refractivity contribution is -0.385. The maximum Gasteiger partial charge on any atom is 0.287 e. The summed E-state index contributed by atoms with van der Waals surface area (Å²) in [7, 11) is 0. The Morgan fingerprint density at radius 2 is 2.15 bits per heavy atom. The van der Waals surface area contributed by atoms with Crippen LogP contribution < -0.4 is 5.32 Å². The highest BCUT2D eigenvalue weighted by Crippen LogP contribution is 2.28. The molecule has 5 nitrogen and oxygen atoms in total. The summed E-state index contributed by atoms with van der Waals surface area (Å²) in [5.74, 6) is 0. The Kier molecular flexibility index (Phi) is 4.01. The Morgan fingerprint density at radius 1 is 1.40 bits per heavy atom. The van der Waals surface area contributed by atoms with Crippen molar-refractivity contribution in [3.63, 3.8) is 0 Å². The van der Waals surface area contributed by atoms with Crippen molar-refractivity contribution < 1.29 is 4.92 Å². The lowest BCUT2D eigenvalue weighted by atomic mass is 10.1. The molecule has 0 amide bonds. The smallest absolute Gasteiger partial charge is 0.287 e. The van der Waals surface area contributed by atoms with E-state index in [1.165, 1.54) is 21.9 Å². The molecule has 1 aromatic heterocycles. The number of benzene rings is 1. The van der Waals surface area contributed by atoms with E-state index < -0.39 is 4.92 Å². The zero-order chi connectivity index (χ0) is 14.7. The second-order valence-electron chi connectivity index (χ2n) is 4.42. The van der Waals surface area contributed by atoms with Gasteiger partial charge >= 0.3 is 0 Å². The van der Waals surface area contributed by atoms with Crippen LogP contribution >= 0.6 is 11.3 Å². The molecule has 0 aliphatic carbocycles. The number of rotatable bonds is 4. The molecule has 0 bridgehead atoms. The summed E-state index contributed by atoms with van der Waals surface area (Å²) in [6.45, 7) is 4.05. The fourth-order valence-corrected chi connectivity index (χ4v) is 2.76. The second-order valence-corrected chi connectivity index (χ2v) is 5.73. The Labute approximate surface area is 120 Å². The monoisotopic (exact) mass is 287 g/mol. The fourth-order valence-electron chi connectivity index (χ4n) is 1.88. The number of nitriles is 1. The van der Waals surface area contributed by atoms with Gasteiger partial charge in [-0.15, -0.1) is 11.3 Å². The van der Waals surface area contributed by atoms with E-state index in [-0.39, 0.29) is 17.3 Å². The SMILES string of the molecule is Cc1ccc(C(C)Nc2ccc([N+](=O)[O-])c(C#N)c2)s1. The van der Waals surface area contributed by atoms with Crippen LogP contribution in [0, 0.1) is 28.4 Å². The topological polar surface area (TPSA) is 79.0 Å². The summed E-state index contributed by atoms with van der Waals surface area (Å²) in [6.07, 6.45) is 0. The maximum atomic E-state index is 10.8. The number of anilines is 1. The minimum atomic E-state index is -0.547. The van der Waals surface area contributed by atoms with Gasteiger partial charge in [0, 0.05) is 21.5 Å². The molecule has 0 fully saturated rings. The first-order valence-electron chi connectivity index (χ1n) is 6.02. The van der Waals surface area contributed by atoms with Crippen molar-refractivity contribution in [2.75, 3.05) is 5.32 Å². The molecule has 1 aromatic carbocycles. The number of nitro benzene ring substituents is 1. The highest BCUT2D eigenvalue weighted by atomic mass is 32.1. The van der Waals surface area contributed by atoms with Gasteiger partial charge in [0.1, 0.15) is 11.6 Å². The van der Waals surface area contributed by atoms with Crippen molar-refractivity contribution in [2.24, 2.45) is 0 Å². The first-order chi connectivity index (χ1) is 9.51. The van der Waals surface area contributed by atoms with E-state index in [2.05, 4.69) is 11.4 Å². The standard InChI is InChI=1S/C14H13N3O2S/c1-9-3-6-14(20-9)10(2)16-12-4-5-13(17(18)19)11(7-12)8-15/h3-7,10,16H,1-2H3. The number of hydrogen-bond donors (Lipinski definition) is 1. The van der Waals surface area contributed by atoms with E-state index in [4.69, 9.17) is 5.26 Å². The van der Waals surface area contributed by atoms with E-state index in [9.17, 15) is 10.1 Å². The van der Waals surface area contributed by atoms with Crippen molar-refractivity contribution in [2.45, 2.75) is 19.9 Å². The first-order valence-corrected chi connectivity index (χ1v) is 6.84. The van der Waals surface area contributed by atoms with Gasteiger partial charge < -0.3 is 5.32 Å².